The molecular formula is C14H22N2O2Si. The lowest BCUT2D eigenvalue weighted by Gasteiger charge is -2.30. The van der Waals surface area contributed by atoms with Crippen LogP contribution in [-0.2, 0) is 10.0 Å². The maximum absolute atomic E-state index is 6.18. The molecule has 0 aliphatic carbocycles. The molecule has 2 N–H and O–H groups in total. The Labute approximate surface area is 116 Å². The van der Waals surface area contributed by atoms with Gasteiger partial charge in [-0.1, -0.05) is 26.8 Å². The van der Waals surface area contributed by atoms with Crippen molar-refractivity contribution in [1.82, 2.24) is 4.98 Å². The highest BCUT2D eigenvalue weighted by molar-refractivity contribution is 6.31. The van der Waals surface area contributed by atoms with Crippen molar-refractivity contribution in [3.8, 4) is 0 Å². The van der Waals surface area contributed by atoms with Crippen molar-refractivity contribution in [1.29, 1.82) is 0 Å². The van der Waals surface area contributed by atoms with Crippen LogP contribution in [0.3, 0.4) is 0 Å². The third-order valence-electron chi connectivity index (χ3n) is 2.97. The number of oxazole rings is 1. The number of nitrogen functional groups attached to an aromatic ring is 1. The monoisotopic (exact) mass is 278 g/mol. The van der Waals surface area contributed by atoms with E-state index in [9.17, 15) is 0 Å². The van der Waals surface area contributed by atoms with Crippen molar-refractivity contribution in [2.45, 2.75) is 45.3 Å². The van der Waals surface area contributed by atoms with E-state index in [1.165, 1.54) is 0 Å². The van der Waals surface area contributed by atoms with Gasteiger partial charge < -0.3 is 14.6 Å². The lowest BCUT2D eigenvalue weighted by molar-refractivity contribution is 0.109. The molecule has 1 aromatic heterocycles. The van der Waals surface area contributed by atoms with Crippen molar-refractivity contribution in [2.75, 3.05) is 5.73 Å². The molecular weight excluding hydrogens is 256 g/mol. The van der Waals surface area contributed by atoms with Crippen molar-refractivity contribution in [2.24, 2.45) is 0 Å². The minimum atomic E-state index is -0.616. The summed E-state index contributed by atoms with van der Waals surface area (Å²) in [5.74, 6) is 0. The van der Waals surface area contributed by atoms with E-state index in [1.807, 2.05) is 18.2 Å². The minimum absolute atomic E-state index is 0.204. The van der Waals surface area contributed by atoms with Gasteiger partial charge in [0.2, 0.25) is 0 Å². The highest BCUT2D eigenvalue weighted by Crippen LogP contribution is 2.31. The summed E-state index contributed by atoms with van der Waals surface area (Å²) in [7, 11) is -0.616. The average molecular weight is 278 g/mol. The first kappa shape index (κ1) is 14.1. The first-order valence-electron chi connectivity index (χ1n) is 6.48. The summed E-state index contributed by atoms with van der Waals surface area (Å²) < 4.78 is 11.6. The number of hydrogen-bond donors (Lipinski definition) is 1. The standard InChI is InChI=1S/C14H22N2O2Si/c1-13(2,3)19-18-14(4,5)9-6-7-10-11(8-9)17-12(15)16-10/h6-8H,19H2,1-5H3,(H2,15,16). The van der Waals surface area contributed by atoms with E-state index in [0.717, 1.165) is 11.1 Å². The zero-order valence-corrected chi connectivity index (χ0v) is 13.7. The maximum atomic E-state index is 6.18. The molecule has 0 aliphatic rings. The van der Waals surface area contributed by atoms with Gasteiger partial charge in [-0.3, -0.25) is 0 Å². The Morgan fingerprint density at radius 3 is 2.53 bits per heavy atom. The molecule has 0 bridgehead atoms. The fourth-order valence-corrected chi connectivity index (χ4v) is 2.76. The van der Waals surface area contributed by atoms with E-state index in [-0.39, 0.29) is 16.7 Å². The van der Waals surface area contributed by atoms with Gasteiger partial charge in [-0.2, -0.15) is 4.98 Å². The number of rotatable bonds is 3. The predicted octanol–water partition coefficient (Wildman–Crippen LogP) is 2.96. The minimum Gasteiger partial charge on any atom is -0.424 e. The summed E-state index contributed by atoms with van der Waals surface area (Å²) in [5, 5.41) is 0.276. The normalized spacial score (nSPS) is 13.7. The molecule has 0 spiro atoms. The zero-order chi connectivity index (χ0) is 14.3. The Bertz CT molecular complexity index is 585. The fourth-order valence-electron chi connectivity index (χ4n) is 1.80. The van der Waals surface area contributed by atoms with Gasteiger partial charge in [-0.25, -0.2) is 0 Å². The highest BCUT2D eigenvalue weighted by atomic mass is 28.2. The molecule has 0 atom stereocenters. The van der Waals surface area contributed by atoms with Gasteiger partial charge in [0.15, 0.2) is 15.3 Å². The molecule has 2 rings (SSSR count). The predicted molar refractivity (Wildman–Crippen MR) is 80.8 cm³/mol. The number of fused-ring (bicyclic) bond motifs is 1. The van der Waals surface area contributed by atoms with E-state index >= 15 is 0 Å². The van der Waals surface area contributed by atoms with Crippen LogP contribution in [0.15, 0.2) is 22.6 Å². The van der Waals surface area contributed by atoms with Crippen LogP contribution in [0.1, 0.15) is 40.2 Å². The summed E-state index contributed by atoms with van der Waals surface area (Å²) in [6.45, 7) is 10.8. The average Bonchev–Trinajstić information content (AvgIpc) is 2.64. The SMILES string of the molecule is CC(C)(C)[SiH2]OC(C)(C)c1ccc2nc(N)oc2c1. The van der Waals surface area contributed by atoms with Gasteiger partial charge in [-0.15, -0.1) is 0 Å². The lowest BCUT2D eigenvalue weighted by Crippen LogP contribution is -2.27. The largest absolute Gasteiger partial charge is 0.424 e. The van der Waals surface area contributed by atoms with Gasteiger partial charge in [0.05, 0.1) is 5.60 Å². The van der Waals surface area contributed by atoms with E-state index in [1.54, 1.807) is 0 Å². The van der Waals surface area contributed by atoms with Crippen LogP contribution in [0, 0.1) is 0 Å². The number of benzene rings is 1. The summed E-state index contributed by atoms with van der Waals surface area (Å²) in [6.07, 6.45) is 0. The van der Waals surface area contributed by atoms with Crippen molar-refractivity contribution in [3.05, 3.63) is 23.8 Å². The molecule has 0 saturated carbocycles. The van der Waals surface area contributed by atoms with Crippen LogP contribution in [-0.4, -0.2) is 14.7 Å². The molecule has 2 aromatic rings. The van der Waals surface area contributed by atoms with Crippen LogP contribution < -0.4 is 5.73 Å². The van der Waals surface area contributed by atoms with Gasteiger partial charge in [0, 0.05) is 0 Å². The Kier molecular flexibility index (Phi) is 3.45. The first-order valence-corrected chi connectivity index (χ1v) is 7.76. The number of hydrogen-bond acceptors (Lipinski definition) is 4. The first-order chi connectivity index (χ1) is 8.67. The van der Waals surface area contributed by atoms with Crippen LogP contribution in [0.25, 0.3) is 11.1 Å². The number of anilines is 1. The van der Waals surface area contributed by atoms with Gasteiger partial charge in [-0.05, 0) is 36.6 Å². The van der Waals surface area contributed by atoms with Crippen molar-refractivity contribution in [3.63, 3.8) is 0 Å². The molecule has 0 fully saturated rings. The highest BCUT2D eigenvalue weighted by Gasteiger charge is 2.25. The number of aromatic nitrogens is 1. The van der Waals surface area contributed by atoms with Gasteiger partial charge >= 0.3 is 0 Å². The Morgan fingerprint density at radius 1 is 1.21 bits per heavy atom. The Hall–Kier alpha value is -1.33. The van der Waals surface area contributed by atoms with E-state index in [4.69, 9.17) is 14.6 Å². The van der Waals surface area contributed by atoms with Crippen molar-refractivity contribution >= 4 is 26.9 Å². The van der Waals surface area contributed by atoms with E-state index in [0.29, 0.717) is 5.58 Å². The second-order valence-corrected chi connectivity index (χ2v) is 9.29. The third kappa shape index (κ3) is 3.36. The second kappa shape index (κ2) is 4.65. The maximum Gasteiger partial charge on any atom is 0.292 e. The molecule has 104 valence electrons. The van der Waals surface area contributed by atoms with Gasteiger partial charge in [0.1, 0.15) is 5.52 Å². The van der Waals surface area contributed by atoms with Crippen LogP contribution in [0.4, 0.5) is 6.01 Å². The molecule has 0 saturated heterocycles. The smallest absolute Gasteiger partial charge is 0.292 e. The van der Waals surface area contributed by atoms with E-state index in [2.05, 4.69) is 39.6 Å². The molecule has 0 amide bonds. The number of nitrogens with two attached hydrogens (primary N) is 1. The summed E-state index contributed by atoms with van der Waals surface area (Å²) in [5.41, 5.74) is 7.84. The second-order valence-electron chi connectivity index (χ2n) is 6.59. The molecule has 0 radical (unpaired) electrons. The van der Waals surface area contributed by atoms with Crippen molar-refractivity contribution < 1.29 is 8.84 Å². The fraction of sp³-hybridized carbons (Fsp3) is 0.500. The Balaban J connectivity index is 2.26. The zero-order valence-electron chi connectivity index (χ0n) is 12.3. The van der Waals surface area contributed by atoms with Crippen LogP contribution in [0.2, 0.25) is 5.04 Å². The molecule has 5 heteroatoms. The van der Waals surface area contributed by atoms with Crippen LogP contribution >= 0.6 is 0 Å². The molecule has 0 unspecified atom stereocenters. The molecule has 1 heterocycles. The Morgan fingerprint density at radius 2 is 1.89 bits per heavy atom. The van der Waals surface area contributed by atoms with Crippen LogP contribution in [0.5, 0.6) is 0 Å². The molecule has 1 aromatic carbocycles. The molecule has 19 heavy (non-hydrogen) atoms. The lowest BCUT2D eigenvalue weighted by atomic mass is 9.98. The van der Waals surface area contributed by atoms with E-state index < -0.39 is 9.76 Å². The summed E-state index contributed by atoms with van der Waals surface area (Å²) in [6, 6.07) is 6.13. The number of nitrogens with zero attached hydrogens (tertiary/aromatic N) is 1. The molecule has 0 aliphatic heterocycles. The summed E-state index contributed by atoms with van der Waals surface area (Å²) in [4.78, 5) is 4.10. The quantitative estimate of drug-likeness (QED) is 0.877. The molecule has 4 nitrogen and oxygen atoms in total. The third-order valence-corrected chi connectivity index (χ3v) is 4.70. The topological polar surface area (TPSA) is 61.3 Å². The summed E-state index contributed by atoms with van der Waals surface area (Å²) >= 11 is 0. The van der Waals surface area contributed by atoms with Gasteiger partial charge in [0.25, 0.3) is 6.01 Å².